The van der Waals surface area contributed by atoms with Gasteiger partial charge in [-0.3, -0.25) is 4.99 Å². The largest absolute Gasteiger partial charge is 0.341 e. The summed E-state index contributed by atoms with van der Waals surface area (Å²) in [6.07, 6.45) is 1.81. The lowest BCUT2D eigenvalue weighted by Crippen LogP contribution is -1.92. The van der Waals surface area contributed by atoms with Crippen LogP contribution < -0.4 is 0 Å². The Morgan fingerprint density at radius 3 is 2.48 bits per heavy atom. The quantitative estimate of drug-likeness (QED) is 0.352. The minimum Gasteiger partial charge on any atom is -0.341 e. The first-order chi connectivity index (χ1) is 12.2. The van der Waals surface area contributed by atoms with Crippen LogP contribution in [0.2, 0.25) is 10.0 Å². The topological polar surface area (TPSA) is 17.3 Å². The zero-order chi connectivity index (χ0) is 17.4. The van der Waals surface area contributed by atoms with E-state index in [0.29, 0.717) is 10.0 Å². The Bertz CT molecular complexity index is 1110. The van der Waals surface area contributed by atoms with Crippen molar-refractivity contribution in [3.63, 3.8) is 0 Å². The fourth-order valence-electron chi connectivity index (χ4n) is 3.20. The number of nitrogens with zero attached hydrogens (tertiary/aromatic N) is 2. The highest BCUT2D eigenvalue weighted by Gasteiger charge is 2.09. The summed E-state index contributed by atoms with van der Waals surface area (Å²) in [7, 11) is 0. The van der Waals surface area contributed by atoms with Crippen LogP contribution in [-0.2, 0) is 6.54 Å². The third-order valence-electron chi connectivity index (χ3n) is 4.38. The number of rotatable bonds is 3. The van der Waals surface area contributed by atoms with E-state index in [1.54, 1.807) is 6.07 Å². The van der Waals surface area contributed by atoms with Gasteiger partial charge in [-0.15, -0.1) is 0 Å². The van der Waals surface area contributed by atoms with Crippen LogP contribution in [-0.4, -0.2) is 10.8 Å². The summed E-state index contributed by atoms with van der Waals surface area (Å²) in [5.41, 5.74) is 4.32. The summed E-state index contributed by atoms with van der Waals surface area (Å²) in [6.45, 7) is 3.11. The number of para-hydroxylation sites is 1. The van der Waals surface area contributed by atoms with Crippen LogP contribution in [0.1, 0.15) is 12.5 Å². The standard InChI is InChI=1S/C21H16Cl2N2/c1-2-25-20-6-4-3-5-16(20)17-12-15(8-10-21(17)25)24-13-14-7-9-18(22)19(23)11-14/h3-13H,2H2,1H3. The second-order valence-electron chi connectivity index (χ2n) is 5.89. The Balaban J connectivity index is 1.79. The molecule has 0 fully saturated rings. The van der Waals surface area contributed by atoms with Crippen LogP contribution in [0.25, 0.3) is 21.8 Å². The van der Waals surface area contributed by atoms with Crippen LogP contribution in [0.5, 0.6) is 0 Å². The maximum Gasteiger partial charge on any atom is 0.0637 e. The Kier molecular flexibility index (Phi) is 4.24. The predicted octanol–water partition coefficient (Wildman–Crippen LogP) is 6.87. The molecular weight excluding hydrogens is 351 g/mol. The molecule has 4 aromatic rings. The number of aliphatic imine (C=N–C) groups is 1. The zero-order valence-electron chi connectivity index (χ0n) is 13.7. The van der Waals surface area contributed by atoms with Gasteiger partial charge in [0.2, 0.25) is 0 Å². The van der Waals surface area contributed by atoms with Crippen molar-refractivity contribution in [2.45, 2.75) is 13.5 Å². The fourth-order valence-corrected chi connectivity index (χ4v) is 3.51. The molecule has 0 saturated heterocycles. The predicted molar refractivity (Wildman–Crippen MR) is 109 cm³/mol. The zero-order valence-corrected chi connectivity index (χ0v) is 15.2. The van der Waals surface area contributed by atoms with Gasteiger partial charge < -0.3 is 4.57 Å². The number of fused-ring (bicyclic) bond motifs is 3. The highest BCUT2D eigenvalue weighted by Crippen LogP contribution is 2.31. The highest BCUT2D eigenvalue weighted by molar-refractivity contribution is 6.42. The molecule has 0 radical (unpaired) electrons. The van der Waals surface area contributed by atoms with Gasteiger partial charge in [0.15, 0.2) is 0 Å². The average molecular weight is 367 g/mol. The van der Waals surface area contributed by atoms with Crippen molar-refractivity contribution in [2.75, 3.05) is 0 Å². The molecule has 1 heterocycles. The van der Waals surface area contributed by atoms with E-state index in [-0.39, 0.29) is 0 Å². The lowest BCUT2D eigenvalue weighted by molar-refractivity contribution is 0.827. The van der Waals surface area contributed by atoms with E-state index in [4.69, 9.17) is 23.2 Å². The van der Waals surface area contributed by atoms with Crippen LogP contribution in [0.3, 0.4) is 0 Å². The van der Waals surface area contributed by atoms with Gasteiger partial charge in [-0.05, 0) is 48.9 Å². The molecule has 0 N–H and O–H groups in total. The fraction of sp³-hybridized carbons (Fsp3) is 0.0952. The van der Waals surface area contributed by atoms with Crippen molar-refractivity contribution in [3.05, 3.63) is 76.3 Å². The summed E-state index contributed by atoms with van der Waals surface area (Å²) in [5, 5.41) is 3.56. The molecule has 3 aromatic carbocycles. The van der Waals surface area contributed by atoms with E-state index in [1.807, 2.05) is 24.4 Å². The summed E-state index contributed by atoms with van der Waals surface area (Å²) in [4.78, 5) is 4.60. The van der Waals surface area contributed by atoms with Gasteiger partial charge in [-0.2, -0.15) is 0 Å². The molecule has 124 valence electrons. The molecule has 1 aromatic heterocycles. The minimum absolute atomic E-state index is 0.534. The molecule has 4 heteroatoms. The number of aryl methyl sites for hydroxylation is 1. The highest BCUT2D eigenvalue weighted by atomic mass is 35.5. The lowest BCUT2D eigenvalue weighted by atomic mass is 10.1. The first kappa shape index (κ1) is 16.2. The van der Waals surface area contributed by atoms with Crippen molar-refractivity contribution in [3.8, 4) is 0 Å². The van der Waals surface area contributed by atoms with Crippen molar-refractivity contribution in [2.24, 2.45) is 4.99 Å². The Morgan fingerprint density at radius 1 is 0.880 bits per heavy atom. The van der Waals surface area contributed by atoms with E-state index in [2.05, 4.69) is 52.9 Å². The molecule has 0 bridgehead atoms. The summed E-state index contributed by atoms with van der Waals surface area (Å²) >= 11 is 12.0. The Morgan fingerprint density at radius 2 is 1.68 bits per heavy atom. The molecule has 0 saturated carbocycles. The van der Waals surface area contributed by atoms with Crippen LogP contribution in [0.4, 0.5) is 5.69 Å². The molecular formula is C21H16Cl2N2. The number of halogens is 2. The molecule has 0 spiro atoms. The molecule has 0 aliphatic carbocycles. The molecule has 0 amide bonds. The third kappa shape index (κ3) is 2.92. The van der Waals surface area contributed by atoms with Crippen molar-refractivity contribution < 1.29 is 0 Å². The minimum atomic E-state index is 0.534. The number of aromatic nitrogens is 1. The van der Waals surface area contributed by atoms with Gasteiger partial charge in [0.1, 0.15) is 0 Å². The van der Waals surface area contributed by atoms with Gasteiger partial charge in [-0.1, -0.05) is 47.5 Å². The van der Waals surface area contributed by atoms with Gasteiger partial charge in [0.25, 0.3) is 0 Å². The van der Waals surface area contributed by atoms with Crippen LogP contribution in [0.15, 0.2) is 65.7 Å². The van der Waals surface area contributed by atoms with Gasteiger partial charge in [0.05, 0.1) is 15.7 Å². The number of hydrogen-bond donors (Lipinski definition) is 0. The Hall–Kier alpha value is -2.29. The van der Waals surface area contributed by atoms with E-state index >= 15 is 0 Å². The second kappa shape index (κ2) is 6.55. The third-order valence-corrected chi connectivity index (χ3v) is 5.12. The summed E-state index contributed by atoms with van der Waals surface area (Å²) in [5.74, 6) is 0. The van der Waals surface area contributed by atoms with E-state index < -0.39 is 0 Å². The molecule has 0 aliphatic rings. The van der Waals surface area contributed by atoms with Crippen molar-refractivity contribution >= 4 is 56.9 Å². The Labute approximate surface area is 156 Å². The number of benzene rings is 3. The number of hydrogen-bond acceptors (Lipinski definition) is 1. The first-order valence-electron chi connectivity index (χ1n) is 8.17. The average Bonchev–Trinajstić information content (AvgIpc) is 2.96. The summed E-state index contributed by atoms with van der Waals surface area (Å²) in [6, 6.07) is 20.3. The first-order valence-corrected chi connectivity index (χ1v) is 8.93. The van der Waals surface area contributed by atoms with E-state index in [9.17, 15) is 0 Å². The molecule has 0 atom stereocenters. The van der Waals surface area contributed by atoms with E-state index in [0.717, 1.165) is 17.8 Å². The maximum atomic E-state index is 6.06. The normalized spacial score (nSPS) is 11.8. The molecule has 2 nitrogen and oxygen atoms in total. The van der Waals surface area contributed by atoms with Gasteiger partial charge in [0, 0.05) is 34.6 Å². The van der Waals surface area contributed by atoms with Crippen molar-refractivity contribution in [1.29, 1.82) is 0 Å². The lowest BCUT2D eigenvalue weighted by Gasteiger charge is -2.02. The maximum absolute atomic E-state index is 6.06. The molecule has 4 rings (SSSR count). The van der Waals surface area contributed by atoms with Crippen LogP contribution in [0, 0.1) is 0 Å². The monoisotopic (exact) mass is 366 g/mol. The molecule has 25 heavy (non-hydrogen) atoms. The smallest absolute Gasteiger partial charge is 0.0637 e. The second-order valence-corrected chi connectivity index (χ2v) is 6.71. The molecule has 0 unspecified atom stereocenters. The molecule has 0 aliphatic heterocycles. The van der Waals surface area contributed by atoms with Crippen LogP contribution >= 0.6 is 23.2 Å². The SMILES string of the molecule is CCn1c2ccccc2c2cc(N=Cc3ccc(Cl)c(Cl)c3)ccc21. The van der Waals surface area contributed by atoms with Crippen molar-refractivity contribution in [1.82, 2.24) is 4.57 Å². The summed E-state index contributed by atoms with van der Waals surface area (Å²) < 4.78 is 2.33. The van der Waals surface area contributed by atoms with Gasteiger partial charge in [-0.25, -0.2) is 0 Å². The van der Waals surface area contributed by atoms with E-state index in [1.165, 1.54) is 21.8 Å². The van der Waals surface area contributed by atoms with Gasteiger partial charge >= 0.3 is 0 Å².